The number of rotatable bonds is 6. The van der Waals surface area contributed by atoms with Crippen molar-refractivity contribution in [3.63, 3.8) is 0 Å². The van der Waals surface area contributed by atoms with Crippen LogP contribution in [0.2, 0.25) is 5.02 Å². The molecule has 2 atom stereocenters. The number of nitrogens with one attached hydrogen (secondary N) is 1. The summed E-state index contributed by atoms with van der Waals surface area (Å²) in [6, 6.07) is 2.32. The monoisotopic (exact) mass is 508 g/mol. The van der Waals surface area contributed by atoms with Gasteiger partial charge in [0.05, 0.1) is 23.9 Å². The van der Waals surface area contributed by atoms with Gasteiger partial charge in [-0.15, -0.1) is 0 Å². The van der Waals surface area contributed by atoms with E-state index < -0.39 is 27.8 Å². The summed E-state index contributed by atoms with van der Waals surface area (Å²) in [6.45, 7) is 5.78. The Morgan fingerprint density at radius 3 is 2.65 bits per heavy atom. The molecule has 7 nitrogen and oxygen atoms in total. The lowest BCUT2D eigenvalue weighted by Gasteiger charge is -2.37. The largest absolute Gasteiger partial charge is 0.348 e. The molecule has 1 aliphatic heterocycles. The van der Waals surface area contributed by atoms with E-state index in [-0.39, 0.29) is 29.4 Å². The second-order valence-corrected chi connectivity index (χ2v) is 12.0. The highest BCUT2D eigenvalue weighted by atomic mass is 35.5. The second-order valence-electron chi connectivity index (χ2n) is 9.72. The molecule has 10 heteroatoms. The van der Waals surface area contributed by atoms with E-state index in [0.29, 0.717) is 28.3 Å². The molecule has 184 valence electrons. The van der Waals surface area contributed by atoms with Crippen molar-refractivity contribution in [2.45, 2.75) is 63.9 Å². The van der Waals surface area contributed by atoms with Crippen molar-refractivity contribution in [1.82, 2.24) is 19.6 Å². The third-order valence-electron chi connectivity index (χ3n) is 7.27. The number of amides is 1. The fraction of sp³-hybridized carbons (Fsp3) is 0.542. The number of nitrogens with zero attached hydrogens (tertiary/aromatic N) is 3. The summed E-state index contributed by atoms with van der Waals surface area (Å²) in [5, 5.41) is 3.43. The summed E-state index contributed by atoms with van der Waals surface area (Å²) in [5.74, 6) is -1.21. The minimum Gasteiger partial charge on any atom is -0.348 e. The van der Waals surface area contributed by atoms with Gasteiger partial charge >= 0.3 is 0 Å². The summed E-state index contributed by atoms with van der Waals surface area (Å²) in [4.78, 5) is 21.4. The van der Waals surface area contributed by atoms with Gasteiger partial charge in [0.1, 0.15) is 5.82 Å². The van der Waals surface area contributed by atoms with E-state index in [1.807, 2.05) is 0 Å². The van der Waals surface area contributed by atoms with Crippen LogP contribution in [0.15, 0.2) is 29.6 Å². The van der Waals surface area contributed by atoms with Crippen LogP contribution in [0.5, 0.6) is 0 Å². The molecule has 1 saturated heterocycles. The molecule has 0 bridgehead atoms. The molecule has 2 fully saturated rings. The molecule has 4 rings (SSSR count). The van der Waals surface area contributed by atoms with Crippen LogP contribution in [0.3, 0.4) is 0 Å². The van der Waals surface area contributed by atoms with Crippen molar-refractivity contribution >= 4 is 27.5 Å². The highest BCUT2D eigenvalue weighted by Gasteiger charge is 2.43. The van der Waals surface area contributed by atoms with Gasteiger partial charge in [-0.3, -0.25) is 9.78 Å². The lowest BCUT2D eigenvalue weighted by Crippen LogP contribution is -2.43. The van der Waals surface area contributed by atoms with Crippen LogP contribution >= 0.6 is 11.6 Å². The summed E-state index contributed by atoms with van der Waals surface area (Å²) >= 11 is 6.32. The van der Waals surface area contributed by atoms with Crippen LogP contribution < -0.4 is 5.32 Å². The Bertz CT molecular complexity index is 1200. The van der Waals surface area contributed by atoms with Crippen LogP contribution in [0, 0.1) is 31.0 Å². The maximum atomic E-state index is 15.1. The third-order valence-corrected chi connectivity index (χ3v) is 9.42. The van der Waals surface area contributed by atoms with Crippen LogP contribution in [0.25, 0.3) is 0 Å². The molecule has 34 heavy (non-hydrogen) atoms. The van der Waals surface area contributed by atoms with Gasteiger partial charge < -0.3 is 5.32 Å². The highest BCUT2D eigenvalue weighted by molar-refractivity contribution is 7.89. The first-order valence-corrected chi connectivity index (χ1v) is 13.4. The molecule has 1 aliphatic carbocycles. The minimum atomic E-state index is -3.85. The molecular formula is C24H30ClFN4O3S. The third kappa shape index (κ3) is 4.70. The molecule has 2 aromatic rings. The molecular weight excluding hydrogens is 479 g/mol. The average Bonchev–Trinajstić information content (AvgIpc) is 3.46. The van der Waals surface area contributed by atoms with Gasteiger partial charge in [0.15, 0.2) is 5.03 Å². The Hall–Kier alpha value is -2.10. The topological polar surface area (TPSA) is 92.3 Å². The molecule has 1 saturated carbocycles. The van der Waals surface area contributed by atoms with Crippen molar-refractivity contribution in [1.29, 1.82) is 0 Å². The van der Waals surface area contributed by atoms with Gasteiger partial charge in [0.2, 0.25) is 5.91 Å². The molecule has 0 radical (unpaired) electrons. The Balaban J connectivity index is 1.57. The van der Waals surface area contributed by atoms with Crippen molar-refractivity contribution in [3.05, 3.63) is 52.2 Å². The maximum Gasteiger partial charge on any atom is 0.262 e. The zero-order chi connectivity index (χ0) is 24.7. The SMILES string of the molecule is Cc1cncc(S(=O)(=O)N2CC[C@H](C(=O)N[C@H](c3c(F)ccc(Cl)c3C)C3(C)CCCC3)C2)n1. The van der Waals surface area contributed by atoms with Crippen LogP contribution in [0.1, 0.15) is 61.9 Å². The van der Waals surface area contributed by atoms with Gasteiger partial charge in [-0.2, -0.15) is 4.31 Å². The summed E-state index contributed by atoms with van der Waals surface area (Å²) in [6.07, 6.45) is 6.83. The molecule has 1 aromatic carbocycles. The first kappa shape index (κ1) is 25.0. The number of hydrogen-bond acceptors (Lipinski definition) is 5. The lowest BCUT2D eigenvalue weighted by molar-refractivity contribution is -0.126. The van der Waals surface area contributed by atoms with E-state index in [2.05, 4.69) is 22.2 Å². The van der Waals surface area contributed by atoms with E-state index >= 15 is 4.39 Å². The maximum absolute atomic E-state index is 15.1. The van der Waals surface area contributed by atoms with Gasteiger partial charge in [-0.25, -0.2) is 17.8 Å². The standard InChI is InChI=1S/C24H30ClFN4O3S/c1-15-12-27-13-20(28-15)34(32,33)30-11-8-17(14-30)23(31)29-22(24(3)9-4-5-10-24)21-16(2)18(25)6-7-19(21)26/h6-7,12-13,17,22H,4-5,8-11,14H2,1-3H3,(H,29,31)/t17-,22+/m0/s1. The van der Waals surface area contributed by atoms with E-state index in [1.54, 1.807) is 13.8 Å². The van der Waals surface area contributed by atoms with Crippen molar-refractivity contribution in [2.24, 2.45) is 11.3 Å². The van der Waals surface area contributed by atoms with E-state index in [9.17, 15) is 13.2 Å². The predicted molar refractivity (Wildman–Crippen MR) is 127 cm³/mol. The van der Waals surface area contributed by atoms with E-state index in [4.69, 9.17) is 11.6 Å². The molecule has 2 aliphatic rings. The zero-order valence-corrected chi connectivity index (χ0v) is 21.2. The molecule has 0 spiro atoms. The number of aryl methyl sites for hydroxylation is 1. The number of sulfonamides is 1. The predicted octanol–water partition coefficient (Wildman–Crippen LogP) is 4.33. The van der Waals surface area contributed by atoms with E-state index in [0.717, 1.165) is 25.7 Å². The average molecular weight is 509 g/mol. The number of hydrogen-bond donors (Lipinski definition) is 1. The smallest absolute Gasteiger partial charge is 0.262 e. The Kier molecular flexibility index (Phi) is 6.99. The number of benzene rings is 1. The van der Waals surface area contributed by atoms with Gasteiger partial charge in [0, 0.05) is 29.9 Å². The van der Waals surface area contributed by atoms with Gasteiger partial charge in [-0.1, -0.05) is 31.4 Å². The number of halogens is 2. The molecule has 1 amide bonds. The Morgan fingerprint density at radius 2 is 1.97 bits per heavy atom. The molecule has 0 unspecified atom stereocenters. The zero-order valence-electron chi connectivity index (χ0n) is 19.6. The quantitative estimate of drug-likeness (QED) is 0.626. The summed E-state index contributed by atoms with van der Waals surface area (Å²) < 4.78 is 42.4. The van der Waals surface area contributed by atoms with Gasteiger partial charge in [0.25, 0.3) is 10.0 Å². The molecule has 1 aromatic heterocycles. The van der Waals surface area contributed by atoms with E-state index in [1.165, 1.54) is 28.8 Å². The Morgan fingerprint density at radius 1 is 1.26 bits per heavy atom. The first-order chi connectivity index (χ1) is 16.0. The Labute approximate surface area is 205 Å². The minimum absolute atomic E-state index is 0.0459. The van der Waals surface area contributed by atoms with Crippen LogP contribution in [-0.2, 0) is 14.8 Å². The van der Waals surface area contributed by atoms with Crippen molar-refractivity contribution in [3.8, 4) is 0 Å². The van der Waals surface area contributed by atoms with Crippen LogP contribution in [-0.4, -0.2) is 41.7 Å². The number of aromatic nitrogens is 2. The summed E-state index contributed by atoms with van der Waals surface area (Å²) in [7, 11) is -3.85. The van der Waals surface area contributed by atoms with Crippen molar-refractivity contribution in [2.75, 3.05) is 13.1 Å². The van der Waals surface area contributed by atoms with Crippen LogP contribution in [0.4, 0.5) is 4.39 Å². The highest BCUT2D eigenvalue weighted by Crippen LogP contribution is 2.49. The fourth-order valence-corrected chi connectivity index (χ4v) is 6.81. The first-order valence-electron chi connectivity index (χ1n) is 11.6. The summed E-state index contributed by atoms with van der Waals surface area (Å²) in [5.41, 5.74) is 1.23. The lowest BCUT2D eigenvalue weighted by atomic mass is 9.75. The van der Waals surface area contributed by atoms with Crippen molar-refractivity contribution < 1.29 is 17.6 Å². The number of carbonyl (C=O) groups is 1. The van der Waals surface area contributed by atoms with Gasteiger partial charge in [-0.05, 0) is 56.2 Å². The normalized spacial score (nSPS) is 21.5. The molecule has 1 N–H and O–H groups in total. The molecule has 2 heterocycles. The fourth-order valence-electron chi connectivity index (χ4n) is 5.21. The number of carbonyl (C=O) groups excluding carboxylic acids is 1. The second kappa shape index (κ2) is 9.51.